The number of alkyl halides is 3. The largest absolute Gasteiger partial charge is 0.484 e. The normalized spacial score (nSPS) is 12.1. The number of fused-ring (bicyclic) bond motifs is 1. The minimum atomic E-state index is -4.49. The fraction of sp³-hybridized carbons (Fsp3) is 0.167. The summed E-state index contributed by atoms with van der Waals surface area (Å²) in [7, 11) is -3.96. The Hall–Kier alpha value is -3.06. The summed E-state index contributed by atoms with van der Waals surface area (Å²) in [6, 6.07) is 7.32. The van der Waals surface area contributed by atoms with Crippen LogP contribution < -0.4 is 4.74 Å². The smallest absolute Gasteiger partial charge is 0.422 e. The summed E-state index contributed by atoms with van der Waals surface area (Å²) in [6.45, 7) is 5.37. The molecule has 0 aliphatic carbocycles. The van der Waals surface area contributed by atoms with Gasteiger partial charge in [0, 0.05) is 23.2 Å². The molecule has 0 aliphatic heterocycles. The van der Waals surface area contributed by atoms with E-state index in [2.05, 4.69) is 14.6 Å². The van der Waals surface area contributed by atoms with Crippen molar-refractivity contribution in [3.8, 4) is 5.75 Å². The van der Waals surface area contributed by atoms with E-state index in [1.165, 1.54) is 36.5 Å². The van der Waals surface area contributed by atoms with Crippen LogP contribution in [0.15, 0.2) is 47.5 Å². The molecule has 0 saturated carbocycles. The van der Waals surface area contributed by atoms with Gasteiger partial charge in [0.05, 0.1) is 22.7 Å². The Morgan fingerprint density at radius 2 is 1.89 bits per heavy atom. The molecular weight excluding hydrogens is 400 g/mol. The highest BCUT2D eigenvalue weighted by Gasteiger charge is 2.28. The number of H-pyrrole nitrogens is 1. The molecule has 10 heteroatoms. The molecule has 0 radical (unpaired) electrons. The fourth-order valence-corrected chi connectivity index (χ4v) is 4.15. The molecule has 28 heavy (non-hydrogen) atoms. The highest BCUT2D eigenvalue weighted by molar-refractivity contribution is 7.90. The Labute approximate surface area is 157 Å². The molecule has 3 aromatic rings. The minimum absolute atomic E-state index is 0.0529. The first-order valence-corrected chi connectivity index (χ1v) is 9.43. The maximum Gasteiger partial charge on any atom is 0.422 e. The molecule has 0 unspecified atom stereocenters. The standard InChI is InChI=1S/C18H12F4N2O3S/c1-23-12-3-2-11(15(19)6-12)9-28(25,26)17-8-24-16-7-13(4-5-14(16)17)27-10-18(20,21)22/h2-8,24H,9-10H2. The monoisotopic (exact) mass is 412 g/mol. The lowest BCUT2D eigenvalue weighted by molar-refractivity contribution is -0.153. The molecule has 1 N–H and O–H groups in total. The average Bonchev–Trinajstić information content (AvgIpc) is 3.05. The third-order valence-electron chi connectivity index (χ3n) is 3.86. The van der Waals surface area contributed by atoms with Crippen LogP contribution >= 0.6 is 0 Å². The zero-order chi connectivity index (χ0) is 20.5. The van der Waals surface area contributed by atoms with Gasteiger partial charge in [0.15, 0.2) is 22.1 Å². The van der Waals surface area contributed by atoms with Gasteiger partial charge in [-0.25, -0.2) is 17.7 Å². The van der Waals surface area contributed by atoms with Crippen LogP contribution in [0.25, 0.3) is 15.7 Å². The zero-order valence-corrected chi connectivity index (χ0v) is 14.9. The molecule has 146 valence electrons. The third kappa shape index (κ3) is 4.26. The molecule has 0 atom stereocenters. The first-order chi connectivity index (χ1) is 13.1. The first-order valence-electron chi connectivity index (χ1n) is 7.78. The van der Waals surface area contributed by atoms with Crippen LogP contribution in [0.3, 0.4) is 0 Å². The van der Waals surface area contributed by atoms with Crippen molar-refractivity contribution < 1.29 is 30.7 Å². The van der Waals surface area contributed by atoms with Gasteiger partial charge in [-0.05, 0) is 18.2 Å². The van der Waals surface area contributed by atoms with Crippen molar-refractivity contribution in [1.82, 2.24) is 4.98 Å². The quantitative estimate of drug-likeness (QED) is 0.485. The molecule has 5 nitrogen and oxygen atoms in total. The summed E-state index contributed by atoms with van der Waals surface area (Å²) in [5, 5.41) is 0.248. The van der Waals surface area contributed by atoms with Crippen LogP contribution in [0.5, 0.6) is 5.75 Å². The Balaban J connectivity index is 1.89. The second-order valence-corrected chi connectivity index (χ2v) is 7.87. The Bertz CT molecular complexity index is 1180. The van der Waals surface area contributed by atoms with Gasteiger partial charge in [0.25, 0.3) is 0 Å². The minimum Gasteiger partial charge on any atom is -0.484 e. The highest BCUT2D eigenvalue weighted by Crippen LogP contribution is 2.30. The average molecular weight is 412 g/mol. The number of rotatable bonds is 5. The first kappa shape index (κ1) is 19.7. The maximum atomic E-state index is 14.0. The van der Waals surface area contributed by atoms with E-state index < -0.39 is 34.2 Å². The molecular formula is C18H12F4N2O3S. The zero-order valence-electron chi connectivity index (χ0n) is 14.0. The molecule has 0 saturated heterocycles. The molecule has 0 bridgehead atoms. The van der Waals surface area contributed by atoms with Gasteiger partial charge in [0.2, 0.25) is 0 Å². The van der Waals surface area contributed by atoms with Crippen molar-refractivity contribution in [2.24, 2.45) is 0 Å². The summed E-state index contributed by atoms with van der Waals surface area (Å²) in [5.41, 5.74) is 0.228. The summed E-state index contributed by atoms with van der Waals surface area (Å²) in [5.74, 6) is -1.51. The molecule has 0 amide bonds. The molecule has 0 fully saturated rings. The van der Waals surface area contributed by atoms with Crippen molar-refractivity contribution in [1.29, 1.82) is 0 Å². The molecule has 3 rings (SSSR count). The highest BCUT2D eigenvalue weighted by atomic mass is 32.2. The number of ether oxygens (including phenoxy) is 1. The summed E-state index contributed by atoms with van der Waals surface area (Å²) in [6.07, 6.45) is -3.30. The lowest BCUT2D eigenvalue weighted by Gasteiger charge is -2.09. The van der Waals surface area contributed by atoms with Crippen LogP contribution in [0, 0.1) is 12.4 Å². The van der Waals surface area contributed by atoms with E-state index in [0.717, 1.165) is 6.07 Å². The van der Waals surface area contributed by atoms with Gasteiger partial charge < -0.3 is 9.72 Å². The van der Waals surface area contributed by atoms with E-state index in [9.17, 15) is 26.0 Å². The van der Waals surface area contributed by atoms with Gasteiger partial charge in [0.1, 0.15) is 11.6 Å². The number of sulfone groups is 1. The molecule has 2 aromatic carbocycles. The molecule has 0 aliphatic rings. The van der Waals surface area contributed by atoms with Crippen LogP contribution in [0.4, 0.5) is 23.2 Å². The van der Waals surface area contributed by atoms with Crippen LogP contribution in [0.2, 0.25) is 0 Å². The van der Waals surface area contributed by atoms with Crippen LogP contribution in [-0.4, -0.2) is 26.2 Å². The van der Waals surface area contributed by atoms with E-state index in [4.69, 9.17) is 6.57 Å². The predicted octanol–water partition coefficient (Wildman–Crippen LogP) is 4.77. The van der Waals surface area contributed by atoms with Crippen molar-refractivity contribution in [2.45, 2.75) is 16.8 Å². The van der Waals surface area contributed by atoms with Gasteiger partial charge in [-0.3, -0.25) is 0 Å². The Kier molecular flexibility index (Phi) is 5.04. The van der Waals surface area contributed by atoms with Gasteiger partial charge in [-0.2, -0.15) is 13.2 Å². The molecule has 1 heterocycles. The maximum absolute atomic E-state index is 14.0. The van der Waals surface area contributed by atoms with E-state index in [0.29, 0.717) is 0 Å². The number of aromatic nitrogens is 1. The Morgan fingerprint density at radius 1 is 1.14 bits per heavy atom. The van der Waals surface area contributed by atoms with Crippen molar-refractivity contribution >= 4 is 26.4 Å². The summed E-state index contributed by atoms with van der Waals surface area (Å²) in [4.78, 5) is 5.64. The SMILES string of the molecule is [C-]#[N+]c1ccc(CS(=O)(=O)c2c[nH]c3cc(OCC(F)(F)F)ccc23)c(F)c1. The van der Waals surface area contributed by atoms with Crippen molar-refractivity contribution in [2.75, 3.05) is 6.61 Å². The fourth-order valence-electron chi connectivity index (χ4n) is 2.60. The summed E-state index contributed by atoms with van der Waals surface area (Å²) < 4.78 is 80.8. The second-order valence-electron chi connectivity index (χ2n) is 5.91. The van der Waals surface area contributed by atoms with Crippen molar-refractivity contribution in [3.05, 3.63) is 65.4 Å². The number of benzene rings is 2. The number of aromatic amines is 1. The molecule has 1 aromatic heterocycles. The van der Waals surface area contributed by atoms with Gasteiger partial charge in [-0.1, -0.05) is 12.1 Å². The second kappa shape index (κ2) is 7.16. The topological polar surface area (TPSA) is 63.5 Å². The number of nitrogens with one attached hydrogen (secondary N) is 1. The number of hydrogen-bond acceptors (Lipinski definition) is 3. The lowest BCUT2D eigenvalue weighted by atomic mass is 10.2. The van der Waals surface area contributed by atoms with E-state index in [-0.39, 0.29) is 32.8 Å². The van der Waals surface area contributed by atoms with E-state index >= 15 is 0 Å². The summed E-state index contributed by atoms with van der Waals surface area (Å²) >= 11 is 0. The van der Waals surface area contributed by atoms with Crippen molar-refractivity contribution in [3.63, 3.8) is 0 Å². The number of halogens is 4. The third-order valence-corrected chi connectivity index (χ3v) is 5.56. The van der Waals surface area contributed by atoms with Crippen LogP contribution in [0.1, 0.15) is 5.56 Å². The number of nitrogens with zero attached hydrogens (tertiary/aromatic N) is 1. The van der Waals surface area contributed by atoms with E-state index in [1.807, 2.05) is 0 Å². The molecule has 0 spiro atoms. The van der Waals surface area contributed by atoms with Crippen LogP contribution in [-0.2, 0) is 15.6 Å². The lowest BCUT2D eigenvalue weighted by Crippen LogP contribution is -2.19. The van der Waals surface area contributed by atoms with E-state index in [1.54, 1.807) is 0 Å². The Morgan fingerprint density at radius 3 is 2.54 bits per heavy atom. The van der Waals surface area contributed by atoms with Gasteiger partial charge in [-0.15, -0.1) is 0 Å². The number of hydrogen-bond donors (Lipinski definition) is 1. The predicted molar refractivity (Wildman–Crippen MR) is 93.4 cm³/mol. The van der Waals surface area contributed by atoms with Gasteiger partial charge >= 0.3 is 6.18 Å².